The Kier molecular flexibility index (Phi) is 7.10. The molecule has 0 spiro atoms. The largest absolute Gasteiger partial charge is 0.466 e. The van der Waals surface area contributed by atoms with E-state index in [0.717, 1.165) is 17.7 Å². The molecule has 3 aliphatic rings. The van der Waals surface area contributed by atoms with Crippen LogP contribution in [0.1, 0.15) is 52.4 Å². The Hall–Kier alpha value is -2.45. The van der Waals surface area contributed by atoms with Gasteiger partial charge in [-0.15, -0.1) is 0 Å². The lowest BCUT2D eigenvalue weighted by molar-refractivity contribution is -0.163. The third-order valence-electron chi connectivity index (χ3n) is 6.30. The molecule has 0 aromatic rings. The van der Waals surface area contributed by atoms with E-state index in [1.165, 1.54) is 6.92 Å². The second-order valence-electron chi connectivity index (χ2n) is 8.24. The first-order chi connectivity index (χ1) is 14.3. The van der Waals surface area contributed by atoms with Gasteiger partial charge in [-0.25, -0.2) is 0 Å². The second-order valence-corrected chi connectivity index (χ2v) is 8.24. The highest BCUT2D eigenvalue weighted by molar-refractivity contribution is 6.07. The molecule has 0 bridgehead atoms. The van der Waals surface area contributed by atoms with Crippen molar-refractivity contribution in [3.05, 3.63) is 0 Å². The summed E-state index contributed by atoms with van der Waals surface area (Å²) < 4.78 is 10.2. The van der Waals surface area contributed by atoms with Crippen LogP contribution >= 0.6 is 0 Å². The van der Waals surface area contributed by atoms with Crippen LogP contribution in [0.2, 0.25) is 0 Å². The van der Waals surface area contributed by atoms with Gasteiger partial charge in [0, 0.05) is 13.1 Å². The van der Waals surface area contributed by atoms with E-state index in [2.05, 4.69) is 0 Å². The summed E-state index contributed by atoms with van der Waals surface area (Å²) in [5.41, 5.74) is 0. The first kappa shape index (κ1) is 22.2. The first-order valence-corrected chi connectivity index (χ1v) is 10.8. The van der Waals surface area contributed by atoms with E-state index >= 15 is 0 Å². The molecule has 2 saturated heterocycles. The van der Waals surface area contributed by atoms with Crippen LogP contribution in [0.15, 0.2) is 0 Å². The van der Waals surface area contributed by atoms with E-state index < -0.39 is 18.6 Å². The Morgan fingerprint density at radius 2 is 1.57 bits per heavy atom. The molecule has 2 aliphatic heterocycles. The number of ether oxygens (including phenoxy) is 2. The smallest absolute Gasteiger partial charge is 0.326 e. The maximum Gasteiger partial charge on any atom is 0.326 e. The van der Waals surface area contributed by atoms with E-state index in [-0.39, 0.29) is 41.4 Å². The van der Waals surface area contributed by atoms with E-state index in [0.29, 0.717) is 45.4 Å². The summed E-state index contributed by atoms with van der Waals surface area (Å²) in [6.45, 7) is 3.88. The van der Waals surface area contributed by atoms with Gasteiger partial charge in [-0.1, -0.05) is 12.8 Å². The van der Waals surface area contributed by atoms with Crippen molar-refractivity contribution in [2.45, 2.75) is 58.5 Å². The number of esters is 2. The van der Waals surface area contributed by atoms with E-state index in [1.54, 1.807) is 11.8 Å². The van der Waals surface area contributed by atoms with Crippen molar-refractivity contribution in [3.63, 3.8) is 0 Å². The van der Waals surface area contributed by atoms with Crippen LogP contribution in [-0.4, -0.2) is 71.8 Å². The zero-order valence-electron chi connectivity index (χ0n) is 17.6. The quantitative estimate of drug-likeness (QED) is 0.462. The number of nitrogens with zero attached hydrogens (tertiary/aromatic N) is 2. The van der Waals surface area contributed by atoms with Gasteiger partial charge in [-0.05, 0) is 39.5 Å². The molecule has 9 nitrogen and oxygen atoms in total. The monoisotopic (exact) mass is 422 g/mol. The maximum absolute atomic E-state index is 12.6. The Labute approximate surface area is 176 Å². The van der Waals surface area contributed by atoms with Gasteiger partial charge in [0.15, 0.2) is 6.10 Å². The highest BCUT2D eigenvalue weighted by Crippen LogP contribution is 2.37. The average molecular weight is 422 g/mol. The number of fused-ring (bicyclic) bond motifs is 1. The fraction of sp³-hybridized carbons (Fsp3) is 0.762. The number of carbonyl (C=O) groups excluding carboxylic acids is 5. The molecule has 0 aromatic heterocycles. The van der Waals surface area contributed by atoms with Crippen molar-refractivity contribution in [2.75, 3.05) is 26.2 Å². The lowest BCUT2D eigenvalue weighted by Crippen LogP contribution is -2.46. The molecule has 3 amide bonds. The van der Waals surface area contributed by atoms with Crippen molar-refractivity contribution in [1.82, 2.24) is 9.80 Å². The average Bonchev–Trinajstić information content (AvgIpc) is 2.98. The molecule has 0 aromatic carbocycles. The van der Waals surface area contributed by atoms with Crippen molar-refractivity contribution in [3.8, 4) is 0 Å². The SMILES string of the molecule is CCOC(=O)C1CCN(C(=O)C(C)OC(=O)CN2C(=O)C3CCCCC3C2=O)CC1. The standard InChI is InChI=1S/C21H30N2O7/c1-3-29-21(28)14-8-10-22(11-9-14)18(25)13(2)30-17(24)12-23-19(26)15-6-4-5-7-16(15)20(23)27/h13-16H,3-12H2,1-2H3. The van der Waals surface area contributed by atoms with Crippen molar-refractivity contribution in [2.24, 2.45) is 17.8 Å². The molecule has 3 atom stereocenters. The molecule has 1 aliphatic carbocycles. The van der Waals surface area contributed by atoms with Gasteiger partial charge >= 0.3 is 11.9 Å². The Balaban J connectivity index is 1.47. The summed E-state index contributed by atoms with van der Waals surface area (Å²) in [6.07, 6.45) is 3.17. The fourth-order valence-electron chi connectivity index (χ4n) is 4.65. The zero-order valence-corrected chi connectivity index (χ0v) is 17.6. The molecule has 30 heavy (non-hydrogen) atoms. The van der Waals surface area contributed by atoms with Crippen LogP contribution in [0, 0.1) is 17.8 Å². The Bertz CT molecular complexity index is 690. The molecule has 9 heteroatoms. The minimum atomic E-state index is -1.02. The molecule has 3 unspecified atom stereocenters. The summed E-state index contributed by atoms with van der Waals surface area (Å²) in [5.74, 6) is -2.83. The summed E-state index contributed by atoms with van der Waals surface area (Å²) >= 11 is 0. The number of carbonyl (C=O) groups is 5. The highest BCUT2D eigenvalue weighted by atomic mass is 16.5. The molecule has 3 rings (SSSR count). The van der Waals surface area contributed by atoms with Crippen LogP contribution in [0.5, 0.6) is 0 Å². The topological polar surface area (TPSA) is 110 Å². The van der Waals surface area contributed by atoms with Gasteiger partial charge in [0.1, 0.15) is 6.54 Å². The summed E-state index contributed by atoms with van der Waals surface area (Å²) in [7, 11) is 0. The number of imide groups is 1. The number of likely N-dealkylation sites (tertiary alicyclic amines) is 2. The van der Waals surface area contributed by atoms with Crippen LogP contribution in [0.4, 0.5) is 0 Å². The van der Waals surface area contributed by atoms with Gasteiger partial charge in [0.25, 0.3) is 5.91 Å². The van der Waals surface area contributed by atoms with E-state index in [1.807, 2.05) is 0 Å². The third kappa shape index (κ3) is 4.65. The predicted octanol–water partition coefficient (Wildman–Crippen LogP) is 0.895. The highest BCUT2D eigenvalue weighted by Gasteiger charge is 2.48. The maximum atomic E-state index is 12.6. The number of amides is 3. The summed E-state index contributed by atoms with van der Waals surface area (Å²) in [4.78, 5) is 64.2. The molecule has 0 radical (unpaired) electrons. The normalized spacial score (nSPS) is 25.7. The fourth-order valence-corrected chi connectivity index (χ4v) is 4.65. The second kappa shape index (κ2) is 9.57. The molecule has 166 valence electrons. The lowest BCUT2D eigenvalue weighted by Gasteiger charge is -2.32. The number of hydrogen-bond donors (Lipinski definition) is 0. The van der Waals surface area contributed by atoms with Crippen molar-refractivity contribution in [1.29, 1.82) is 0 Å². The minimum Gasteiger partial charge on any atom is -0.466 e. The van der Waals surface area contributed by atoms with E-state index in [9.17, 15) is 24.0 Å². The summed E-state index contributed by atoms with van der Waals surface area (Å²) in [6, 6.07) is 0. The molecule has 2 heterocycles. The van der Waals surface area contributed by atoms with Gasteiger partial charge in [0.2, 0.25) is 11.8 Å². The van der Waals surface area contributed by atoms with Crippen LogP contribution in [0.25, 0.3) is 0 Å². The third-order valence-corrected chi connectivity index (χ3v) is 6.30. The Morgan fingerprint density at radius 1 is 1.00 bits per heavy atom. The van der Waals surface area contributed by atoms with E-state index in [4.69, 9.17) is 9.47 Å². The van der Waals surface area contributed by atoms with Gasteiger partial charge in [-0.3, -0.25) is 28.9 Å². The first-order valence-electron chi connectivity index (χ1n) is 10.8. The lowest BCUT2D eigenvalue weighted by atomic mass is 9.81. The van der Waals surface area contributed by atoms with Crippen LogP contribution < -0.4 is 0 Å². The number of piperidine rings is 1. The van der Waals surface area contributed by atoms with Crippen molar-refractivity contribution < 1.29 is 33.4 Å². The minimum absolute atomic E-state index is 0.220. The summed E-state index contributed by atoms with van der Waals surface area (Å²) in [5, 5.41) is 0. The molecule has 3 fully saturated rings. The van der Waals surface area contributed by atoms with Crippen LogP contribution in [-0.2, 0) is 33.4 Å². The molecule has 0 N–H and O–H groups in total. The zero-order chi connectivity index (χ0) is 21.8. The molecule has 1 saturated carbocycles. The van der Waals surface area contributed by atoms with Crippen LogP contribution in [0.3, 0.4) is 0 Å². The number of hydrogen-bond acceptors (Lipinski definition) is 7. The molecular weight excluding hydrogens is 392 g/mol. The van der Waals surface area contributed by atoms with Gasteiger partial charge in [0.05, 0.1) is 24.4 Å². The molecular formula is C21H30N2O7. The van der Waals surface area contributed by atoms with Gasteiger partial charge < -0.3 is 14.4 Å². The van der Waals surface area contributed by atoms with Crippen molar-refractivity contribution >= 4 is 29.7 Å². The Morgan fingerprint density at radius 3 is 2.10 bits per heavy atom. The number of rotatable bonds is 6. The van der Waals surface area contributed by atoms with Gasteiger partial charge in [-0.2, -0.15) is 0 Å². The predicted molar refractivity (Wildman–Crippen MR) is 104 cm³/mol.